The van der Waals surface area contributed by atoms with Gasteiger partial charge in [-0.2, -0.15) is 0 Å². The van der Waals surface area contributed by atoms with E-state index in [2.05, 4.69) is 122 Å². The normalized spacial score (nSPS) is 12.5. The van der Waals surface area contributed by atoms with E-state index in [1.807, 2.05) is 68.4 Å². The Labute approximate surface area is 294 Å². The van der Waals surface area contributed by atoms with E-state index in [0.29, 0.717) is 11.5 Å². The summed E-state index contributed by atoms with van der Waals surface area (Å²) in [6.45, 7) is 8.39. The monoisotopic (exact) mass is 645 g/mol. The quantitative estimate of drug-likeness (QED) is 0.130. The summed E-state index contributed by atoms with van der Waals surface area (Å²) in [6.07, 6.45) is 0. The summed E-state index contributed by atoms with van der Waals surface area (Å²) in [7, 11) is 0. The van der Waals surface area contributed by atoms with E-state index in [-0.39, 0.29) is 6.04 Å². The molecule has 0 aliphatic heterocycles. The van der Waals surface area contributed by atoms with Gasteiger partial charge < -0.3 is 5.73 Å². The molecule has 0 aliphatic carbocycles. The van der Waals surface area contributed by atoms with Crippen molar-refractivity contribution in [1.82, 2.24) is 0 Å². The molecule has 0 spiro atoms. The average molecular weight is 646 g/mol. The molecule has 7 aromatic carbocycles. The van der Waals surface area contributed by atoms with E-state index in [9.17, 15) is 0 Å². The van der Waals surface area contributed by atoms with Gasteiger partial charge in [-0.3, -0.25) is 0 Å². The third-order valence-corrected chi connectivity index (χ3v) is 9.15. The van der Waals surface area contributed by atoms with Crippen molar-refractivity contribution in [3.8, 4) is 33.4 Å². The summed E-state index contributed by atoms with van der Waals surface area (Å²) >= 11 is 0. The topological polar surface area (TPSA) is 50.7 Å². The second-order valence-corrected chi connectivity index (χ2v) is 12.5. The third-order valence-electron chi connectivity index (χ3n) is 9.15. The molecule has 242 valence electrons. The van der Waals surface area contributed by atoms with E-state index in [0.717, 1.165) is 33.5 Å². The minimum Gasteiger partial charge on any atom is -0.324 e. The maximum absolute atomic E-state index is 6.28. The highest BCUT2D eigenvalue weighted by molar-refractivity contribution is 6.12. The Kier molecular flexibility index (Phi) is 9.41. The van der Waals surface area contributed by atoms with Gasteiger partial charge in [-0.1, -0.05) is 176 Å². The van der Waals surface area contributed by atoms with Crippen LogP contribution in [0.2, 0.25) is 0 Å². The molecule has 1 atom stereocenters. The average Bonchev–Trinajstić information content (AvgIpc) is 3.18. The van der Waals surface area contributed by atoms with Gasteiger partial charge in [0.1, 0.15) is 0 Å². The van der Waals surface area contributed by atoms with Gasteiger partial charge in [0.2, 0.25) is 0 Å². The number of hydrogen-bond donors (Lipinski definition) is 1. The zero-order valence-corrected chi connectivity index (χ0v) is 28.4. The molecular weight excluding hydrogens is 607 g/mol. The van der Waals surface area contributed by atoms with Crippen LogP contribution >= 0.6 is 0 Å². The smallest absolute Gasteiger partial charge is 0.160 e. The fraction of sp³-hybridized carbons (Fsp3) is 0.0638. The van der Waals surface area contributed by atoms with Crippen molar-refractivity contribution in [2.45, 2.75) is 19.9 Å². The highest BCUT2D eigenvalue weighted by Gasteiger charge is 2.13. The number of benzene rings is 7. The number of amidine groups is 1. The number of nitrogens with zero attached hydrogens (tertiary/aromatic N) is 2. The van der Waals surface area contributed by atoms with Crippen molar-refractivity contribution >= 4 is 28.0 Å². The van der Waals surface area contributed by atoms with E-state index in [4.69, 9.17) is 15.7 Å². The Bertz CT molecular complexity index is 2330. The zero-order valence-electron chi connectivity index (χ0n) is 28.4. The first-order chi connectivity index (χ1) is 24.5. The van der Waals surface area contributed by atoms with Gasteiger partial charge >= 0.3 is 0 Å². The second kappa shape index (κ2) is 14.5. The predicted octanol–water partition coefficient (Wildman–Crippen LogP) is 11.8. The largest absolute Gasteiger partial charge is 0.324 e. The number of nitrogens with two attached hydrogens (primary N) is 1. The molecule has 0 bridgehead atoms. The van der Waals surface area contributed by atoms with Crippen molar-refractivity contribution < 1.29 is 0 Å². The summed E-state index contributed by atoms with van der Waals surface area (Å²) in [5.41, 5.74) is 19.0. The Hall–Kier alpha value is -6.16. The molecule has 3 nitrogen and oxygen atoms in total. The van der Waals surface area contributed by atoms with Gasteiger partial charge in [-0.05, 0) is 74.7 Å². The molecule has 7 rings (SSSR count). The van der Waals surface area contributed by atoms with Crippen LogP contribution in [0.5, 0.6) is 0 Å². The summed E-state index contributed by atoms with van der Waals surface area (Å²) in [5, 5.41) is 2.42. The molecule has 7 aromatic rings. The van der Waals surface area contributed by atoms with E-state index in [1.165, 1.54) is 38.6 Å². The molecule has 0 radical (unpaired) electrons. The fourth-order valence-electron chi connectivity index (χ4n) is 6.47. The minimum atomic E-state index is -0.0302. The molecule has 0 saturated heterocycles. The van der Waals surface area contributed by atoms with Crippen molar-refractivity contribution in [3.05, 3.63) is 199 Å². The molecule has 0 fully saturated rings. The molecule has 1 unspecified atom stereocenters. The van der Waals surface area contributed by atoms with Gasteiger partial charge in [0.25, 0.3) is 0 Å². The minimum absolute atomic E-state index is 0.0302. The molecule has 0 heterocycles. The van der Waals surface area contributed by atoms with Crippen LogP contribution in [0.1, 0.15) is 42.1 Å². The van der Waals surface area contributed by atoms with Crippen LogP contribution < -0.4 is 5.73 Å². The SMILES string of the molecule is C=C(/N=C(\N=C(/C)c1ccccc1)c1ccccc1)c1ccc(-c2ccc(-c3ccc(-c4ccccc4C(C)N)cc3)c3ccccc23)cc1. The van der Waals surface area contributed by atoms with Crippen LogP contribution in [0.15, 0.2) is 186 Å². The van der Waals surface area contributed by atoms with Crippen molar-refractivity contribution in [1.29, 1.82) is 0 Å². The van der Waals surface area contributed by atoms with E-state index >= 15 is 0 Å². The van der Waals surface area contributed by atoms with Crippen LogP contribution in [-0.4, -0.2) is 11.5 Å². The van der Waals surface area contributed by atoms with Gasteiger partial charge in [0, 0.05) is 17.3 Å². The summed E-state index contributed by atoms with van der Waals surface area (Å²) in [6, 6.07) is 59.0. The standard InChI is InChI=1S/C47H39N3/c1-32(48)41-18-10-11-19-42(41)37-26-28-39(29-27-37)44-31-30-43(45-20-12-13-21-46(44)45)38-24-22-36(23-25-38)34(3)50-47(40-16-8-5-9-17-40)49-33(2)35-14-6-4-7-15-35/h4-32H,3,48H2,1-2H3/b49-33+,50-47-. The number of fused-ring (bicyclic) bond motifs is 1. The molecule has 0 saturated carbocycles. The van der Waals surface area contributed by atoms with Crippen LogP contribution in [0.3, 0.4) is 0 Å². The molecule has 2 N–H and O–H groups in total. The third kappa shape index (κ3) is 6.86. The lowest BCUT2D eigenvalue weighted by atomic mass is 9.90. The van der Waals surface area contributed by atoms with Crippen LogP contribution in [0, 0.1) is 0 Å². The van der Waals surface area contributed by atoms with Gasteiger partial charge in [-0.25, -0.2) is 9.98 Å². The van der Waals surface area contributed by atoms with Gasteiger partial charge in [0.15, 0.2) is 5.84 Å². The lowest BCUT2D eigenvalue weighted by Crippen LogP contribution is -2.06. The van der Waals surface area contributed by atoms with Crippen molar-refractivity contribution in [2.75, 3.05) is 0 Å². The lowest BCUT2D eigenvalue weighted by molar-refractivity contribution is 0.820. The first kappa shape index (κ1) is 32.4. The van der Waals surface area contributed by atoms with Gasteiger partial charge in [-0.15, -0.1) is 0 Å². The number of aliphatic imine (C=N–C) groups is 2. The number of hydrogen-bond acceptors (Lipinski definition) is 2. The number of rotatable bonds is 8. The van der Waals surface area contributed by atoms with Crippen molar-refractivity contribution in [3.63, 3.8) is 0 Å². The first-order valence-electron chi connectivity index (χ1n) is 17.0. The Morgan fingerprint density at radius 2 is 0.940 bits per heavy atom. The molecule has 0 amide bonds. The second-order valence-electron chi connectivity index (χ2n) is 12.5. The molecule has 0 aromatic heterocycles. The maximum Gasteiger partial charge on any atom is 0.160 e. The maximum atomic E-state index is 6.28. The molecular formula is C47H39N3. The predicted molar refractivity (Wildman–Crippen MR) is 214 cm³/mol. The molecule has 3 heteroatoms. The van der Waals surface area contributed by atoms with E-state index in [1.54, 1.807) is 0 Å². The zero-order chi connectivity index (χ0) is 34.5. The summed E-state index contributed by atoms with van der Waals surface area (Å²) in [5.74, 6) is 0.633. The highest BCUT2D eigenvalue weighted by Crippen LogP contribution is 2.37. The Balaban J connectivity index is 1.19. The Morgan fingerprint density at radius 3 is 1.50 bits per heavy atom. The molecule has 0 aliphatic rings. The van der Waals surface area contributed by atoms with Crippen molar-refractivity contribution in [2.24, 2.45) is 15.7 Å². The molecule has 50 heavy (non-hydrogen) atoms. The lowest BCUT2D eigenvalue weighted by Gasteiger charge is -2.15. The van der Waals surface area contributed by atoms with Crippen LogP contribution in [0.4, 0.5) is 0 Å². The first-order valence-corrected chi connectivity index (χ1v) is 17.0. The summed E-state index contributed by atoms with van der Waals surface area (Å²) in [4.78, 5) is 9.89. The van der Waals surface area contributed by atoms with Crippen LogP contribution in [-0.2, 0) is 0 Å². The fourth-order valence-corrected chi connectivity index (χ4v) is 6.47. The van der Waals surface area contributed by atoms with E-state index < -0.39 is 0 Å². The van der Waals surface area contributed by atoms with Gasteiger partial charge in [0.05, 0.1) is 5.70 Å². The summed E-state index contributed by atoms with van der Waals surface area (Å²) < 4.78 is 0. The van der Waals surface area contributed by atoms with Crippen LogP contribution in [0.25, 0.3) is 49.9 Å². The Morgan fingerprint density at radius 1 is 0.480 bits per heavy atom. The highest BCUT2D eigenvalue weighted by atomic mass is 14.9.